The molecular formula is C22H18ClNO4. The molecule has 4 aromatic rings. The standard InChI is InChI=1S/C22H18ClNO4/c1-12(2)13-3-5-19-17(8-13)15(10-21(25)28-19)11-24-22(26)20-9-14-7-16(23)4-6-18(14)27-20/h3-10,12H,11H2,1-2H3,(H,24,26). The smallest absolute Gasteiger partial charge is 0.336 e. The molecule has 0 fully saturated rings. The van der Waals surface area contributed by atoms with E-state index in [1.807, 2.05) is 12.1 Å². The zero-order chi connectivity index (χ0) is 19.8. The van der Waals surface area contributed by atoms with Gasteiger partial charge in [-0.2, -0.15) is 0 Å². The Bertz CT molecular complexity index is 1250. The van der Waals surface area contributed by atoms with Crippen LogP contribution in [0.25, 0.3) is 21.9 Å². The third-order valence-electron chi connectivity index (χ3n) is 4.66. The van der Waals surface area contributed by atoms with Crippen molar-refractivity contribution in [3.05, 3.63) is 80.9 Å². The number of fused-ring (bicyclic) bond motifs is 2. The summed E-state index contributed by atoms with van der Waals surface area (Å²) in [6.45, 7) is 4.37. The minimum absolute atomic E-state index is 0.181. The Hall–Kier alpha value is -3.05. The van der Waals surface area contributed by atoms with Gasteiger partial charge in [0.2, 0.25) is 0 Å². The summed E-state index contributed by atoms with van der Waals surface area (Å²) in [4.78, 5) is 24.4. The molecule has 6 heteroatoms. The van der Waals surface area contributed by atoms with Crippen LogP contribution in [0.5, 0.6) is 0 Å². The highest BCUT2D eigenvalue weighted by atomic mass is 35.5. The Morgan fingerprint density at radius 2 is 1.82 bits per heavy atom. The molecule has 5 nitrogen and oxygen atoms in total. The third kappa shape index (κ3) is 3.53. The Morgan fingerprint density at radius 3 is 2.61 bits per heavy atom. The molecule has 142 valence electrons. The van der Waals surface area contributed by atoms with Crippen LogP contribution in [-0.4, -0.2) is 5.91 Å². The average Bonchev–Trinajstić information content (AvgIpc) is 3.08. The molecule has 0 saturated heterocycles. The van der Waals surface area contributed by atoms with Gasteiger partial charge >= 0.3 is 5.63 Å². The summed E-state index contributed by atoms with van der Waals surface area (Å²) in [7, 11) is 0. The fraction of sp³-hybridized carbons (Fsp3) is 0.182. The van der Waals surface area contributed by atoms with Crippen LogP contribution >= 0.6 is 11.6 Å². The van der Waals surface area contributed by atoms with E-state index < -0.39 is 5.63 Å². The molecule has 0 bridgehead atoms. The SMILES string of the molecule is CC(C)c1ccc2oc(=O)cc(CNC(=O)c3cc4cc(Cl)ccc4o3)c2c1. The lowest BCUT2D eigenvalue weighted by Crippen LogP contribution is -2.23. The molecule has 0 unspecified atom stereocenters. The van der Waals surface area contributed by atoms with Gasteiger partial charge in [-0.15, -0.1) is 0 Å². The van der Waals surface area contributed by atoms with Gasteiger partial charge < -0.3 is 14.2 Å². The maximum absolute atomic E-state index is 12.5. The molecule has 0 saturated carbocycles. The minimum atomic E-state index is -0.451. The van der Waals surface area contributed by atoms with E-state index in [-0.39, 0.29) is 18.2 Å². The monoisotopic (exact) mass is 395 g/mol. The van der Waals surface area contributed by atoms with Crippen molar-refractivity contribution in [2.45, 2.75) is 26.3 Å². The number of nitrogens with one attached hydrogen (secondary N) is 1. The Morgan fingerprint density at radius 1 is 1.04 bits per heavy atom. The number of hydrogen-bond acceptors (Lipinski definition) is 4. The van der Waals surface area contributed by atoms with Crippen LogP contribution in [-0.2, 0) is 6.54 Å². The topological polar surface area (TPSA) is 72.5 Å². The molecule has 2 heterocycles. The summed E-state index contributed by atoms with van der Waals surface area (Å²) in [5, 5.41) is 4.95. The molecule has 0 radical (unpaired) electrons. The van der Waals surface area contributed by atoms with Crippen LogP contribution < -0.4 is 10.9 Å². The Kier molecular flexibility index (Phi) is 4.69. The average molecular weight is 396 g/mol. The predicted molar refractivity (Wildman–Crippen MR) is 109 cm³/mol. The van der Waals surface area contributed by atoms with E-state index in [2.05, 4.69) is 19.2 Å². The van der Waals surface area contributed by atoms with E-state index in [1.165, 1.54) is 6.07 Å². The molecular weight excluding hydrogens is 378 g/mol. The molecule has 2 aromatic heterocycles. The van der Waals surface area contributed by atoms with Gasteiger partial charge in [-0.1, -0.05) is 31.5 Å². The second-order valence-electron chi connectivity index (χ2n) is 6.98. The largest absolute Gasteiger partial charge is 0.451 e. The molecule has 28 heavy (non-hydrogen) atoms. The van der Waals surface area contributed by atoms with E-state index >= 15 is 0 Å². The van der Waals surface area contributed by atoms with Gasteiger partial charge in [-0.25, -0.2) is 4.79 Å². The molecule has 0 atom stereocenters. The van der Waals surface area contributed by atoms with Crippen molar-refractivity contribution >= 4 is 39.4 Å². The number of hydrogen-bond donors (Lipinski definition) is 1. The van der Waals surface area contributed by atoms with Crippen molar-refractivity contribution in [2.24, 2.45) is 0 Å². The fourth-order valence-electron chi connectivity index (χ4n) is 3.14. The zero-order valence-electron chi connectivity index (χ0n) is 15.4. The van der Waals surface area contributed by atoms with Crippen molar-refractivity contribution in [2.75, 3.05) is 0 Å². The number of carbonyl (C=O) groups is 1. The summed E-state index contributed by atoms with van der Waals surface area (Å²) in [6, 6.07) is 13.9. The first-order valence-corrected chi connectivity index (χ1v) is 9.32. The van der Waals surface area contributed by atoms with E-state index in [9.17, 15) is 9.59 Å². The number of benzene rings is 2. The van der Waals surface area contributed by atoms with Crippen LogP contribution in [0.3, 0.4) is 0 Å². The van der Waals surface area contributed by atoms with E-state index in [0.717, 1.165) is 16.3 Å². The first-order valence-electron chi connectivity index (χ1n) is 8.94. The van der Waals surface area contributed by atoms with E-state index in [4.69, 9.17) is 20.4 Å². The Balaban J connectivity index is 1.62. The normalized spacial score (nSPS) is 11.4. The van der Waals surface area contributed by atoms with Crippen LogP contribution in [0.2, 0.25) is 5.02 Å². The van der Waals surface area contributed by atoms with Gasteiger partial charge in [0, 0.05) is 28.4 Å². The number of furan rings is 1. The number of carbonyl (C=O) groups excluding carboxylic acids is 1. The zero-order valence-corrected chi connectivity index (χ0v) is 16.2. The minimum Gasteiger partial charge on any atom is -0.451 e. The highest BCUT2D eigenvalue weighted by Gasteiger charge is 2.14. The third-order valence-corrected chi connectivity index (χ3v) is 4.90. The predicted octanol–water partition coefficient (Wildman–Crippen LogP) is 5.25. The lowest BCUT2D eigenvalue weighted by Gasteiger charge is -2.10. The van der Waals surface area contributed by atoms with E-state index in [1.54, 1.807) is 30.3 Å². The molecule has 2 aromatic carbocycles. The molecule has 0 spiro atoms. The van der Waals surface area contributed by atoms with Crippen molar-refractivity contribution in [3.8, 4) is 0 Å². The first-order chi connectivity index (χ1) is 13.4. The van der Waals surface area contributed by atoms with Crippen molar-refractivity contribution < 1.29 is 13.6 Å². The number of amides is 1. The van der Waals surface area contributed by atoms with Gasteiger partial charge in [-0.3, -0.25) is 4.79 Å². The second-order valence-corrected chi connectivity index (χ2v) is 7.41. The summed E-state index contributed by atoms with van der Waals surface area (Å²) in [5.74, 6) is 0.155. The molecule has 0 aliphatic rings. The van der Waals surface area contributed by atoms with Crippen LogP contribution in [0.1, 0.15) is 41.4 Å². The van der Waals surface area contributed by atoms with Gasteiger partial charge in [0.1, 0.15) is 11.2 Å². The highest BCUT2D eigenvalue weighted by molar-refractivity contribution is 6.31. The summed E-state index contributed by atoms with van der Waals surface area (Å²) >= 11 is 5.97. The van der Waals surface area contributed by atoms with Gasteiger partial charge in [-0.05, 0) is 53.4 Å². The Labute approximate surface area is 165 Å². The summed E-state index contributed by atoms with van der Waals surface area (Å²) < 4.78 is 10.9. The molecule has 4 rings (SSSR count). The quantitative estimate of drug-likeness (QED) is 0.479. The van der Waals surface area contributed by atoms with Gasteiger partial charge in [0.05, 0.1) is 0 Å². The molecule has 1 N–H and O–H groups in total. The second kappa shape index (κ2) is 7.17. The van der Waals surface area contributed by atoms with Crippen LogP contribution in [0, 0.1) is 0 Å². The van der Waals surface area contributed by atoms with Crippen LogP contribution in [0.15, 0.2) is 62.2 Å². The lowest BCUT2D eigenvalue weighted by atomic mass is 9.99. The molecule has 0 aliphatic heterocycles. The summed E-state index contributed by atoms with van der Waals surface area (Å²) in [5.41, 5.74) is 2.46. The van der Waals surface area contributed by atoms with Gasteiger partial charge in [0.25, 0.3) is 5.91 Å². The maximum Gasteiger partial charge on any atom is 0.336 e. The number of rotatable bonds is 4. The van der Waals surface area contributed by atoms with Crippen molar-refractivity contribution in [1.82, 2.24) is 5.32 Å². The van der Waals surface area contributed by atoms with Crippen molar-refractivity contribution in [1.29, 1.82) is 0 Å². The van der Waals surface area contributed by atoms with Gasteiger partial charge in [0.15, 0.2) is 5.76 Å². The van der Waals surface area contributed by atoms with Crippen LogP contribution in [0.4, 0.5) is 0 Å². The maximum atomic E-state index is 12.5. The highest BCUT2D eigenvalue weighted by Crippen LogP contribution is 2.25. The summed E-state index contributed by atoms with van der Waals surface area (Å²) in [6.07, 6.45) is 0. The molecule has 0 aliphatic carbocycles. The fourth-order valence-corrected chi connectivity index (χ4v) is 3.32. The first kappa shape index (κ1) is 18.3. The van der Waals surface area contributed by atoms with E-state index in [0.29, 0.717) is 27.7 Å². The lowest BCUT2D eigenvalue weighted by molar-refractivity contribution is 0.0925. The number of halogens is 1. The van der Waals surface area contributed by atoms with Crippen molar-refractivity contribution in [3.63, 3.8) is 0 Å². The molecule has 1 amide bonds.